The van der Waals surface area contributed by atoms with Crippen LogP contribution in [0.25, 0.3) is 0 Å². The van der Waals surface area contributed by atoms with E-state index in [1.807, 2.05) is 44.6 Å². The molecule has 0 heterocycles. The normalized spacial score (nSPS) is 10.5. The molecule has 0 bridgehead atoms. The molecule has 0 unspecified atom stereocenters. The molecule has 0 aliphatic rings. The molecule has 0 fully saturated rings. The van der Waals surface area contributed by atoms with Gasteiger partial charge in [-0.25, -0.2) is 0 Å². The fourth-order valence-corrected chi connectivity index (χ4v) is 3.53. The number of carbonyl (C=O) groups excluding carboxylic acids is 1. The summed E-state index contributed by atoms with van der Waals surface area (Å²) < 4.78 is 0. The van der Waals surface area contributed by atoms with E-state index in [1.165, 1.54) is 0 Å². The van der Waals surface area contributed by atoms with Gasteiger partial charge in [-0.2, -0.15) is 11.8 Å². The molecule has 0 aliphatic carbocycles. The zero-order valence-electron chi connectivity index (χ0n) is 15.9. The molecule has 6 heteroatoms. The maximum Gasteiger partial charge on any atom is 0.243 e. The molecule has 0 saturated carbocycles. The summed E-state index contributed by atoms with van der Waals surface area (Å²) in [5, 5.41) is 3.05. The van der Waals surface area contributed by atoms with Crippen LogP contribution in [0.3, 0.4) is 0 Å². The van der Waals surface area contributed by atoms with Crippen LogP contribution in [0, 0.1) is 0 Å². The lowest BCUT2D eigenvalue weighted by atomic mass is 10.2. The van der Waals surface area contributed by atoms with Crippen molar-refractivity contribution in [2.45, 2.75) is 4.90 Å². The second-order valence-corrected chi connectivity index (χ2v) is 7.91. The van der Waals surface area contributed by atoms with Gasteiger partial charge in [-0.3, -0.25) is 4.79 Å². The van der Waals surface area contributed by atoms with Crippen molar-refractivity contribution in [1.82, 2.24) is 0 Å². The number of amides is 1. The van der Waals surface area contributed by atoms with Crippen LogP contribution in [0.4, 0.5) is 17.1 Å². The Balaban J connectivity index is 2.10. The fourth-order valence-electron chi connectivity index (χ4n) is 2.57. The van der Waals surface area contributed by atoms with Gasteiger partial charge in [0, 0.05) is 42.7 Å². The third-order valence-electron chi connectivity index (χ3n) is 4.01. The van der Waals surface area contributed by atoms with Gasteiger partial charge in [0.15, 0.2) is 0 Å². The second-order valence-electron chi connectivity index (χ2n) is 6.07. The first-order valence-electron chi connectivity index (χ1n) is 8.49. The van der Waals surface area contributed by atoms with E-state index in [0.717, 1.165) is 34.3 Å². The quantitative estimate of drug-likeness (QED) is 0.648. The number of hydrogen-bond acceptors (Lipinski definition) is 5. The van der Waals surface area contributed by atoms with Gasteiger partial charge in [0.2, 0.25) is 5.91 Å². The summed E-state index contributed by atoms with van der Waals surface area (Å²) in [6.07, 6.45) is 4.10. The largest absolute Gasteiger partial charge is 0.378 e. The zero-order chi connectivity index (χ0) is 18.9. The third-order valence-corrected chi connectivity index (χ3v) is 5.40. The molecule has 1 amide bonds. The van der Waals surface area contributed by atoms with Crippen molar-refractivity contribution in [3.05, 3.63) is 48.5 Å². The molecule has 2 aromatic carbocycles. The minimum Gasteiger partial charge on any atom is -0.378 e. The molecule has 0 aliphatic heterocycles. The van der Waals surface area contributed by atoms with E-state index in [4.69, 9.17) is 0 Å². The second kappa shape index (κ2) is 10.4. The number of nitrogens with zero attached hydrogens (tertiary/aromatic N) is 2. The average molecular weight is 390 g/mol. The lowest BCUT2D eigenvalue weighted by Crippen LogP contribution is -2.35. The van der Waals surface area contributed by atoms with Crippen LogP contribution in [0.1, 0.15) is 0 Å². The molecule has 140 valence electrons. The highest BCUT2D eigenvalue weighted by Crippen LogP contribution is 2.25. The van der Waals surface area contributed by atoms with E-state index in [0.29, 0.717) is 6.54 Å². The molecule has 4 nitrogen and oxygen atoms in total. The smallest absolute Gasteiger partial charge is 0.243 e. The number of carbonyl (C=O) groups is 1. The molecule has 2 rings (SSSR count). The Kier molecular flexibility index (Phi) is 8.19. The summed E-state index contributed by atoms with van der Waals surface area (Å²) in [6.45, 7) is 1.17. The SMILES string of the molecule is CSCCN(CC(=O)Nc1ccccc1SC)c1ccc(N(C)C)cc1. The Morgan fingerprint density at radius 2 is 1.65 bits per heavy atom. The Morgan fingerprint density at radius 3 is 2.27 bits per heavy atom. The molecule has 0 atom stereocenters. The van der Waals surface area contributed by atoms with Crippen LogP contribution in [-0.4, -0.2) is 51.4 Å². The number of thioether (sulfide) groups is 2. The maximum absolute atomic E-state index is 12.6. The van der Waals surface area contributed by atoms with Gasteiger partial charge in [-0.05, 0) is 48.9 Å². The van der Waals surface area contributed by atoms with Crippen molar-refractivity contribution >= 4 is 46.5 Å². The molecule has 1 N–H and O–H groups in total. The number of para-hydroxylation sites is 1. The van der Waals surface area contributed by atoms with E-state index in [-0.39, 0.29) is 5.91 Å². The van der Waals surface area contributed by atoms with Gasteiger partial charge < -0.3 is 15.1 Å². The Morgan fingerprint density at radius 1 is 1.00 bits per heavy atom. The van der Waals surface area contributed by atoms with Gasteiger partial charge in [-0.1, -0.05) is 12.1 Å². The lowest BCUT2D eigenvalue weighted by molar-refractivity contribution is -0.115. The highest BCUT2D eigenvalue weighted by molar-refractivity contribution is 7.98. The summed E-state index contributed by atoms with van der Waals surface area (Å²) in [6, 6.07) is 16.2. The number of anilines is 3. The Labute approximate surface area is 165 Å². The molecule has 0 spiro atoms. The first-order chi connectivity index (χ1) is 12.5. The Hall–Kier alpha value is -1.79. The summed E-state index contributed by atoms with van der Waals surface area (Å²) >= 11 is 3.42. The fraction of sp³-hybridized carbons (Fsp3) is 0.350. The maximum atomic E-state index is 12.6. The van der Waals surface area contributed by atoms with E-state index < -0.39 is 0 Å². The minimum absolute atomic E-state index is 0.00397. The highest BCUT2D eigenvalue weighted by atomic mass is 32.2. The molecular weight excluding hydrogens is 362 g/mol. The minimum atomic E-state index is 0.00397. The topological polar surface area (TPSA) is 35.6 Å². The van der Waals surface area contributed by atoms with Crippen molar-refractivity contribution in [3.63, 3.8) is 0 Å². The van der Waals surface area contributed by atoms with Gasteiger partial charge in [0.1, 0.15) is 0 Å². The lowest BCUT2D eigenvalue weighted by Gasteiger charge is -2.25. The number of rotatable bonds is 9. The standard InChI is InChI=1S/C20H27N3OS2/c1-22(2)16-9-11-17(12-10-16)23(13-14-25-3)15-20(24)21-18-7-5-6-8-19(18)26-4/h5-12H,13-15H2,1-4H3,(H,21,24). The first kappa shape index (κ1) is 20.5. The van der Waals surface area contributed by atoms with Crippen molar-refractivity contribution in [2.75, 3.05) is 60.6 Å². The van der Waals surface area contributed by atoms with Gasteiger partial charge in [0.25, 0.3) is 0 Å². The molecule has 2 aromatic rings. The summed E-state index contributed by atoms with van der Waals surface area (Å²) in [5.41, 5.74) is 3.09. The average Bonchev–Trinajstić information content (AvgIpc) is 2.65. The van der Waals surface area contributed by atoms with Crippen LogP contribution in [0.2, 0.25) is 0 Å². The first-order valence-corrected chi connectivity index (χ1v) is 11.1. The predicted octanol–water partition coefficient (Wildman–Crippen LogP) is 4.28. The van der Waals surface area contributed by atoms with Gasteiger partial charge in [0.05, 0.1) is 12.2 Å². The highest BCUT2D eigenvalue weighted by Gasteiger charge is 2.13. The molecule has 0 saturated heterocycles. The van der Waals surface area contributed by atoms with Crippen LogP contribution in [0.5, 0.6) is 0 Å². The number of benzene rings is 2. The van der Waals surface area contributed by atoms with Crippen molar-refractivity contribution in [2.24, 2.45) is 0 Å². The zero-order valence-corrected chi connectivity index (χ0v) is 17.5. The molecule has 0 aromatic heterocycles. The number of hydrogen-bond donors (Lipinski definition) is 1. The van der Waals surface area contributed by atoms with Crippen molar-refractivity contribution in [3.8, 4) is 0 Å². The molecule has 26 heavy (non-hydrogen) atoms. The summed E-state index contributed by atoms with van der Waals surface area (Å²) in [5.74, 6) is 0.980. The van der Waals surface area contributed by atoms with Crippen LogP contribution in [0.15, 0.2) is 53.4 Å². The van der Waals surface area contributed by atoms with Crippen molar-refractivity contribution in [1.29, 1.82) is 0 Å². The predicted molar refractivity (Wildman–Crippen MR) is 118 cm³/mol. The molecular formula is C20H27N3OS2. The molecule has 0 radical (unpaired) electrons. The van der Waals surface area contributed by atoms with E-state index in [9.17, 15) is 4.79 Å². The van der Waals surface area contributed by atoms with Crippen LogP contribution in [-0.2, 0) is 4.79 Å². The number of nitrogens with one attached hydrogen (secondary N) is 1. The summed E-state index contributed by atoms with van der Waals surface area (Å²) in [4.78, 5) is 17.9. The Bertz CT molecular complexity index is 704. The van der Waals surface area contributed by atoms with Crippen LogP contribution < -0.4 is 15.1 Å². The van der Waals surface area contributed by atoms with E-state index in [1.54, 1.807) is 23.5 Å². The van der Waals surface area contributed by atoms with Gasteiger partial charge in [-0.15, -0.1) is 11.8 Å². The van der Waals surface area contributed by atoms with Crippen LogP contribution >= 0.6 is 23.5 Å². The summed E-state index contributed by atoms with van der Waals surface area (Å²) in [7, 11) is 4.05. The third kappa shape index (κ3) is 5.88. The van der Waals surface area contributed by atoms with E-state index in [2.05, 4.69) is 45.6 Å². The van der Waals surface area contributed by atoms with E-state index >= 15 is 0 Å². The van der Waals surface area contributed by atoms with Crippen molar-refractivity contribution < 1.29 is 4.79 Å². The monoisotopic (exact) mass is 389 g/mol. The van der Waals surface area contributed by atoms with Gasteiger partial charge >= 0.3 is 0 Å².